The van der Waals surface area contributed by atoms with Gasteiger partial charge in [-0.15, -0.1) is 11.6 Å². The zero-order chi connectivity index (χ0) is 6.69. The van der Waals surface area contributed by atoms with Gasteiger partial charge in [-0.1, -0.05) is 0 Å². The molecule has 0 spiro atoms. The molecule has 0 N–H and O–H groups in total. The van der Waals surface area contributed by atoms with Gasteiger partial charge in [0.25, 0.3) is 0 Å². The van der Waals surface area contributed by atoms with Crippen LogP contribution in [0.4, 0.5) is 0 Å². The Morgan fingerprint density at radius 2 is 2.56 bits per heavy atom. The Kier molecular flexibility index (Phi) is 2.91. The SMILES string of the molecule is O=S1OCC(CCCl)O1. The summed E-state index contributed by atoms with van der Waals surface area (Å²) < 4.78 is 19.7. The average Bonchev–Trinajstić information content (AvgIpc) is 2.17. The van der Waals surface area contributed by atoms with E-state index in [1.807, 2.05) is 0 Å². The van der Waals surface area contributed by atoms with E-state index in [-0.39, 0.29) is 6.10 Å². The standard InChI is InChI=1S/C4H7ClO3S/c5-2-1-4-3-7-9(6)8-4/h4H,1-3H2. The van der Waals surface area contributed by atoms with E-state index in [1.165, 1.54) is 0 Å². The van der Waals surface area contributed by atoms with Crippen molar-refractivity contribution in [3.8, 4) is 0 Å². The molecule has 0 aliphatic carbocycles. The molecule has 0 aromatic carbocycles. The van der Waals surface area contributed by atoms with Crippen LogP contribution in [0.15, 0.2) is 0 Å². The number of rotatable bonds is 2. The van der Waals surface area contributed by atoms with Gasteiger partial charge in [0, 0.05) is 5.88 Å². The smallest absolute Gasteiger partial charge is 0.266 e. The predicted molar refractivity (Wildman–Crippen MR) is 34.3 cm³/mol. The average molecular weight is 171 g/mol. The first-order valence-electron chi connectivity index (χ1n) is 2.61. The van der Waals surface area contributed by atoms with Crippen molar-refractivity contribution in [3.05, 3.63) is 0 Å². The number of hydrogen-bond donors (Lipinski definition) is 0. The molecule has 54 valence electrons. The number of halogens is 1. The Bertz CT molecular complexity index is 118. The first-order chi connectivity index (χ1) is 4.33. The van der Waals surface area contributed by atoms with Gasteiger partial charge in [-0.3, -0.25) is 8.37 Å². The van der Waals surface area contributed by atoms with Crippen molar-refractivity contribution >= 4 is 23.0 Å². The van der Waals surface area contributed by atoms with Crippen molar-refractivity contribution in [1.82, 2.24) is 0 Å². The maximum Gasteiger partial charge on any atom is 0.305 e. The molecule has 0 amide bonds. The van der Waals surface area contributed by atoms with E-state index in [2.05, 4.69) is 4.18 Å². The molecule has 0 aromatic heterocycles. The second-order valence-electron chi connectivity index (χ2n) is 1.68. The molecule has 0 bridgehead atoms. The van der Waals surface area contributed by atoms with Crippen molar-refractivity contribution in [3.63, 3.8) is 0 Å². The van der Waals surface area contributed by atoms with Gasteiger partial charge in [0.05, 0.1) is 6.61 Å². The van der Waals surface area contributed by atoms with Crippen molar-refractivity contribution in [1.29, 1.82) is 0 Å². The topological polar surface area (TPSA) is 35.5 Å². The zero-order valence-corrected chi connectivity index (χ0v) is 6.28. The maximum atomic E-state index is 10.4. The third-order valence-electron chi connectivity index (χ3n) is 0.996. The molecule has 3 nitrogen and oxygen atoms in total. The lowest BCUT2D eigenvalue weighted by molar-refractivity contribution is 0.235. The highest BCUT2D eigenvalue weighted by Crippen LogP contribution is 2.11. The second-order valence-corrected chi connectivity index (χ2v) is 2.90. The van der Waals surface area contributed by atoms with Gasteiger partial charge >= 0.3 is 11.4 Å². The highest BCUT2D eigenvalue weighted by Gasteiger charge is 2.22. The van der Waals surface area contributed by atoms with Gasteiger partial charge in [0.15, 0.2) is 0 Å². The van der Waals surface area contributed by atoms with E-state index in [0.717, 1.165) is 0 Å². The van der Waals surface area contributed by atoms with Crippen molar-refractivity contribution in [2.24, 2.45) is 0 Å². The van der Waals surface area contributed by atoms with E-state index in [4.69, 9.17) is 15.8 Å². The fourth-order valence-electron chi connectivity index (χ4n) is 0.551. The summed E-state index contributed by atoms with van der Waals surface area (Å²) in [6, 6.07) is 0. The first kappa shape index (κ1) is 7.47. The van der Waals surface area contributed by atoms with Crippen molar-refractivity contribution in [2.75, 3.05) is 12.5 Å². The normalized spacial score (nSPS) is 35.2. The molecule has 1 fully saturated rings. The summed E-state index contributed by atoms with van der Waals surface area (Å²) in [6.07, 6.45) is 0.635. The highest BCUT2D eigenvalue weighted by molar-refractivity contribution is 7.75. The third kappa shape index (κ3) is 2.21. The van der Waals surface area contributed by atoms with Gasteiger partial charge < -0.3 is 0 Å². The van der Waals surface area contributed by atoms with E-state index in [9.17, 15) is 4.21 Å². The van der Waals surface area contributed by atoms with Crippen LogP contribution in [-0.4, -0.2) is 22.8 Å². The highest BCUT2D eigenvalue weighted by atomic mass is 35.5. The molecule has 1 aliphatic heterocycles. The van der Waals surface area contributed by atoms with E-state index >= 15 is 0 Å². The minimum Gasteiger partial charge on any atom is -0.266 e. The maximum absolute atomic E-state index is 10.4. The summed E-state index contributed by atoms with van der Waals surface area (Å²) in [5.41, 5.74) is 0. The minimum atomic E-state index is -1.51. The fourth-order valence-corrected chi connectivity index (χ4v) is 1.49. The molecule has 5 heteroatoms. The molecule has 9 heavy (non-hydrogen) atoms. The molecular formula is C4H7ClO3S. The van der Waals surface area contributed by atoms with Crippen LogP contribution >= 0.6 is 11.6 Å². The molecule has 0 saturated carbocycles. The molecule has 1 saturated heterocycles. The molecule has 2 atom stereocenters. The summed E-state index contributed by atoms with van der Waals surface area (Å²) >= 11 is 3.88. The largest absolute Gasteiger partial charge is 0.305 e. The molecular weight excluding hydrogens is 164 g/mol. The summed E-state index contributed by atoms with van der Waals surface area (Å²) in [4.78, 5) is 0. The van der Waals surface area contributed by atoms with Gasteiger partial charge in [0.2, 0.25) is 0 Å². The van der Waals surface area contributed by atoms with Crippen LogP contribution in [0, 0.1) is 0 Å². The molecule has 1 aliphatic rings. The Hall–Kier alpha value is 0.360. The summed E-state index contributed by atoms with van der Waals surface area (Å²) in [6.45, 7) is 0.402. The van der Waals surface area contributed by atoms with Crippen LogP contribution in [-0.2, 0) is 19.7 Å². The van der Waals surface area contributed by atoms with E-state index < -0.39 is 11.4 Å². The van der Waals surface area contributed by atoms with Crippen LogP contribution in [0.1, 0.15) is 6.42 Å². The minimum absolute atomic E-state index is 0.0664. The molecule has 0 radical (unpaired) electrons. The lowest BCUT2D eigenvalue weighted by atomic mass is 10.3. The number of hydrogen-bond acceptors (Lipinski definition) is 3. The summed E-state index contributed by atoms with van der Waals surface area (Å²) in [7, 11) is 0. The van der Waals surface area contributed by atoms with E-state index in [0.29, 0.717) is 18.9 Å². The predicted octanol–water partition coefficient (Wildman–Crippen LogP) is 0.609. The van der Waals surface area contributed by atoms with Crippen molar-refractivity contribution in [2.45, 2.75) is 12.5 Å². The molecule has 0 aromatic rings. The summed E-state index contributed by atoms with van der Waals surface area (Å²) in [5, 5.41) is 0. The van der Waals surface area contributed by atoms with Crippen LogP contribution in [0.3, 0.4) is 0 Å². The van der Waals surface area contributed by atoms with Crippen LogP contribution in [0.5, 0.6) is 0 Å². The van der Waals surface area contributed by atoms with E-state index in [1.54, 1.807) is 0 Å². The van der Waals surface area contributed by atoms with Crippen LogP contribution in [0.2, 0.25) is 0 Å². The van der Waals surface area contributed by atoms with Crippen LogP contribution in [0.25, 0.3) is 0 Å². The lowest BCUT2D eigenvalue weighted by Gasteiger charge is -1.98. The molecule has 2 unspecified atom stereocenters. The number of alkyl halides is 1. The van der Waals surface area contributed by atoms with Crippen molar-refractivity contribution < 1.29 is 12.6 Å². The first-order valence-corrected chi connectivity index (χ1v) is 4.14. The zero-order valence-electron chi connectivity index (χ0n) is 4.71. The van der Waals surface area contributed by atoms with Gasteiger partial charge in [0.1, 0.15) is 6.10 Å². The molecule has 1 rings (SSSR count). The Morgan fingerprint density at radius 1 is 1.78 bits per heavy atom. The van der Waals surface area contributed by atoms with Gasteiger partial charge in [-0.05, 0) is 6.42 Å². The summed E-state index contributed by atoms with van der Waals surface area (Å²) in [5.74, 6) is 0.519. The molecule has 1 heterocycles. The Labute approximate surface area is 61.2 Å². The van der Waals surface area contributed by atoms with Crippen LogP contribution < -0.4 is 0 Å². The lowest BCUT2D eigenvalue weighted by Crippen LogP contribution is -2.09. The van der Waals surface area contributed by atoms with Gasteiger partial charge in [-0.25, -0.2) is 0 Å². The monoisotopic (exact) mass is 170 g/mol. The van der Waals surface area contributed by atoms with Gasteiger partial charge in [-0.2, -0.15) is 4.21 Å². The Balaban J connectivity index is 2.22. The third-order valence-corrected chi connectivity index (χ3v) is 1.97. The quantitative estimate of drug-likeness (QED) is 0.570. The Morgan fingerprint density at radius 3 is 3.00 bits per heavy atom. The second kappa shape index (κ2) is 3.51. The fraction of sp³-hybridized carbons (Fsp3) is 1.00.